The van der Waals surface area contributed by atoms with Crippen LogP contribution in [0.3, 0.4) is 0 Å². The molecule has 7 heteroatoms. The summed E-state index contributed by atoms with van der Waals surface area (Å²) in [7, 11) is 1.43. The second-order valence-electron chi connectivity index (χ2n) is 5.40. The maximum absolute atomic E-state index is 13.8. The zero-order chi connectivity index (χ0) is 16.2. The summed E-state index contributed by atoms with van der Waals surface area (Å²) in [6, 6.07) is 4.69. The van der Waals surface area contributed by atoms with Gasteiger partial charge in [-0.05, 0) is 44.1 Å². The molecule has 1 saturated heterocycles. The number of ether oxygens (including phenoxy) is 1. The van der Waals surface area contributed by atoms with E-state index in [1.807, 2.05) is 0 Å². The first-order chi connectivity index (χ1) is 11.2. The number of methoxy groups -OCH3 is 1. The van der Waals surface area contributed by atoms with E-state index in [9.17, 15) is 9.18 Å². The topological polar surface area (TPSA) is 63.2 Å². The van der Waals surface area contributed by atoms with Crippen molar-refractivity contribution in [2.24, 2.45) is 5.92 Å². The number of thiazole rings is 1. The molecule has 0 aliphatic carbocycles. The minimum absolute atomic E-state index is 0.00770. The fourth-order valence-electron chi connectivity index (χ4n) is 2.58. The Hall–Kier alpha value is -1.99. The fraction of sp³-hybridized carbons (Fsp3) is 0.375. The average molecular weight is 335 g/mol. The Kier molecular flexibility index (Phi) is 4.88. The Morgan fingerprint density at radius 3 is 2.91 bits per heavy atom. The molecule has 122 valence electrons. The lowest BCUT2D eigenvalue weighted by molar-refractivity contribution is -0.120. The largest absolute Gasteiger partial charge is 0.494 e. The maximum Gasteiger partial charge on any atom is 0.229 e. The van der Waals surface area contributed by atoms with E-state index in [-0.39, 0.29) is 17.6 Å². The highest BCUT2D eigenvalue weighted by molar-refractivity contribution is 7.14. The quantitative estimate of drug-likeness (QED) is 0.902. The molecule has 23 heavy (non-hydrogen) atoms. The highest BCUT2D eigenvalue weighted by atomic mass is 32.1. The molecule has 2 N–H and O–H groups in total. The first kappa shape index (κ1) is 15.9. The van der Waals surface area contributed by atoms with Crippen LogP contribution in [0.1, 0.15) is 12.8 Å². The number of rotatable bonds is 4. The van der Waals surface area contributed by atoms with E-state index in [1.165, 1.54) is 24.5 Å². The SMILES string of the molecule is COc1ccc(-c2csc(NC(=O)C3CCNCC3)n2)cc1F. The van der Waals surface area contributed by atoms with Gasteiger partial charge in [-0.3, -0.25) is 4.79 Å². The normalized spacial score (nSPS) is 15.4. The second-order valence-corrected chi connectivity index (χ2v) is 6.26. The summed E-state index contributed by atoms with van der Waals surface area (Å²) >= 11 is 1.34. The molecule has 2 aromatic rings. The van der Waals surface area contributed by atoms with Crippen molar-refractivity contribution in [3.8, 4) is 17.0 Å². The Morgan fingerprint density at radius 1 is 1.43 bits per heavy atom. The molecule has 3 rings (SSSR count). The number of hydrogen-bond acceptors (Lipinski definition) is 5. The Labute approximate surface area is 137 Å². The number of halogens is 1. The van der Waals surface area contributed by atoms with Gasteiger partial charge in [-0.2, -0.15) is 0 Å². The van der Waals surface area contributed by atoms with Crippen molar-refractivity contribution in [1.29, 1.82) is 0 Å². The van der Waals surface area contributed by atoms with Gasteiger partial charge in [0.25, 0.3) is 0 Å². The Morgan fingerprint density at radius 2 is 2.22 bits per heavy atom. The molecule has 0 radical (unpaired) electrons. The smallest absolute Gasteiger partial charge is 0.229 e. The summed E-state index contributed by atoms with van der Waals surface area (Å²) in [4.78, 5) is 16.6. The third-order valence-electron chi connectivity index (χ3n) is 3.89. The minimum Gasteiger partial charge on any atom is -0.494 e. The van der Waals surface area contributed by atoms with Crippen LogP contribution < -0.4 is 15.4 Å². The standard InChI is InChI=1S/C16H18FN3O2S/c1-22-14-3-2-11(8-12(14)17)13-9-23-16(19-13)20-15(21)10-4-6-18-7-5-10/h2-3,8-10,18H,4-7H2,1H3,(H,19,20,21). The predicted octanol–water partition coefficient (Wildman–Crippen LogP) is 2.90. The van der Waals surface area contributed by atoms with Crippen LogP contribution >= 0.6 is 11.3 Å². The third-order valence-corrected chi connectivity index (χ3v) is 4.65. The van der Waals surface area contributed by atoms with E-state index in [0.717, 1.165) is 25.9 Å². The van der Waals surface area contributed by atoms with Gasteiger partial charge in [0, 0.05) is 16.9 Å². The summed E-state index contributed by atoms with van der Waals surface area (Å²) < 4.78 is 18.7. The molecule has 1 aliphatic heterocycles. The van der Waals surface area contributed by atoms with Crippen molar-refractivity contribution in [1.82, 2.24) is 10.3 Å². The van der Waals surface area contributed by atoms with E-state index < -0.39 is 5.82 Å². The van der Waals surface area contributed by atoms with Crippen LogP contribution in [0.2, 0.25) is 0 Å². The van der Waals surface area contributed by atoms with E-state index in [4.69, 9.17) is 4.74 Å². The van der Waals surface area contributed by atoms with Crippen molar-refractivity contribution < 1.29 is 13.9 Å². The van der Waals surface area contributed by atoms with E-state index in [1.54, 1.807) is 17.5 Å². The molecule has 2 heterocycles. The van der Waals surface area contributed by atoms with Gasteiger partial charge in [0.15, 0.2) is 16.7 Å². The van der Waals surface area contributed by atoms with Crippen molar-refractivity contribution in [3.05, 3.63) is 29.4 Å². The lowest BCUT2D eigenvalue weighted by atomic mass is 9.97. The minimum atomic E-state index is -0.432. The number of carbonyl (C=O) groups excluding carboxylic acids is 1. The van der Waals surface area contributed by atoms with Crippen molar-refractivity contribution >= 4 is 22.4 Å². The molecule has 0 atom stereocenters. The van der Waals surface area contributed by atoms with Crippen LogP contribution in [0.25, 0.3) is 11.3 Å². The van der Waals surface area contributed by atoms with Crippen LogP contribution in [-0.2, 0) is 4.79 Å². The molecule has 0 saturated carbocycles. The molecule has 1 aromatic heterocycles. The van der Waals surface area contributed by atoms with Crippen LogP contribution in [0.5, 0.6) is 5.75 Å². The number of carbonyl (C=O) groups is 1. The molecule has 1 fully saturated rings. The number of nitrogens with zero attached hydrogens (tertiary/aromatic N) is 1. The monoisotopic (exact) mass is 335 g/mol. The molecule has 1 amide bonds. The number of aromatic nitrogens is 1. The van der Waals surface area contributed by atoms with Crippen molar-refractivity contribution in [2.75, 3.05) is 25.5 Å². The summed E-state index contributed by atoms with van der Waals surface area (Å²) in [6.07, 6.45) is 1.68. The van der Waals surface area contributed by atoms with Crippen LogP contribution in [0.15, 0.2) is 23.6 Å². The Bertz CT molecular complexity index is 698. The Balaban J connectivity index is 1.70. The fourth-order valence-corrected chi connectivity index (χ4v) is 3.30. The average Bonchev–Trinajstić information content (AvgIpc) is 3.04. The summed E-state index contributed by atoms with van der Waals surface area (Å²) in [5, 5.41) is 8.44. The van der Waals surface area contributed by atoms with Gasteiger partial charge < -0.3 is 15.4 Å². The molecule has 1 aliphatic rings. The summed E-state index contributed by atoms with van der Waals surface area (Å²) in [5.41, 5.74) is 1.29. The van der Waals surface area contributed by atoms with Gasteiger partial charge in [-0.15, -0.1) is 11.3 Å². The van der Waals surface area contributed by atoms with Crippen molar-refractivity contribution in [3.63, 3.8) is 0 Å². The third kappa shape index (κ3) is 3.68. The number of anilines is 1. The molecular formula is C16H18FN3O2S. The van der Waals surface area contributed by atoms with Crippen molar-refractivity contribution in [2.45, 2.75) is 12.8 Å². The van der Waals surface area contributed by atoms with Crippen LogP contribution in [-0.4, -0.2) is 31.1 Å². The first-order valence-corrected chi connectivity index (χ1v) is 8.36. The first-order valence-electron chi connectivity index (χ1n) is 7.48. The maximum atomic E-state index is 13.8. The number of nitrogens with one attached hydrogen (secondary N) is 2. The van der Waals surface area contributed by atoms with Crippen LogP contribution in [0, 0.1) is 11.7 Å². The lowest BCUT2D eigenvalue weighted by Crippen LogP contribution is -2.34. The number of hydrogen-bond donors (Lipinski definition) is 2. The summed E-state index contributed by atoms with van der Waals surface area (Å²) in [5.74, 6) is -0.197. The molecule has 0 unspecified atom stereocenters. The molecule has 1 aromatic carbocycles. The van der Waals surface area contributed by atoms with E-state index in [0.29, 0.717) is 16.4 Å². The zero-order valence-electron chi connectivity index (χ0n) is 12.8. The molecular weight excluding hydrogens is 317 g/mol. The van der Waals surface area contributed by atoms with Gasteiger partial charge in [-0.25, -0.2) is 9.37 Å². The zero-order valence-corrected chi connectivity index (χ0v) is 13.6. The molecule has 0 bridgehead atoms. The van der Waals surface area contributed by atoms with Gasteiger partial charge >= 0.3 is 0 Å². The number of benzene rings is 1. The number of piperidine rings is 1. The number of amides is 1. The predicted molar refractivity (Wildman–Crippen MR) is 88.3 cm³/mol. The lowest BCUT2D eigenvalue weighted by Gasteiger charge is -2.20. The molecule has 5 nitrogen and oxygen atoms in total. The summed E-state index contributed by atoms with van der Waals surface area (Å²) in [6.45, 7) is 1.73. The van der Waals surface area contributed by atoms with Gasteiger partial charge in [0.05, 0.1) is 12.8 Å². The van der Waals surface area contributed by atoms with Gasteiger partial charge in [0.1, 0.15) is 0 Å². The van der Waals surface area contributed by atoms with E-state index in [2.05, 4.69) is 15.6 Å². The molecule has 0 spiro atoms. The van der Waals surface area contributed by atoms with Gasteiger partial charge in [-0.1, -0.05) is 0 Å². The highest BCUT2D eigenvalue weighted by Crippen LogP contribution is 2.28. The second kappa shape index (κ2) is 7.06. The van der Waals surface area contributed by atoms with Crippen LogP contribution in [0.4, 0.5) is 9.52 Å². The highest BCUT2D eigenvalue weighted by Gasteiger charge is 2.21. The van der Waals surface area contributed by atoms with E-state index >= 15 is 0 Å². The van der Waals surface area contributed by atoms with Gasteiger partial charge in [0.2, 0.25) is 5.91 Å².